The SMILES string of the molecule is CCCCCCCCCCCCCc1cccc(N=C(C=Nc2cc(CCCCC)cc(CCCCC)c2)CCCC)c1.[Ni]. The van der Waals surface area contributed by atoms with Crippen molar-refractivity contribution in [2.75, 3.05) is 0 Å². The molecule has 0 spiro atoms. The molecule has 2 aromatic carbocycles. The summed E-state index contributed by atoms with van der Waals surface area (Å²) >= 11 is 0. The molecular weight excluding hydrogens is 579 g/mol. The number of rotatable bonds is 26. The minimum Gasteiger partial charge on any atom is -0.255 e. The van der Waals surface area contributed by atoms with Crippen LogP contribution in [0.25, 0.3) is 0 Å². The number of unbranched alkanes of at least 4 members (excludes halogenated alkanes) is 15. The standard InChI is InChI=1S/C41H66N2.Ni/c1-5-9-13-14-15-16-17-18-19-20-23-25-36-28-24-30-39(32-36)43-40(29-12-8-4)35-42-41-33-37(26-21-10-6-2)31-38(34-41)27-22-11-7-3;/h24,28,30-35H,5-23,25-27,29H2,1-4H3;. The van der Waals surface area contributed by atoms with Gasteiger partial charge in [0, 0.05) is 22.7 Å². The van der Waals surface area contributed by atoms with Crippen molar-refractivity contribution in [2.24, 2.45) is 9.98 Å². The van der Waals surface area contributed by atoms with Gasteiger partial charge in [-0.3, -0.25) is 9.98 Å². The van der Waals surface area contributed by atoms with E-state index in [1.807, 2.05) is 6.21 Å². The molecule has 0 radical (unpaired) electrons. The first kappa shape index (κ1) is 40.3. The fourth-order valence-corrected chi connectivity index (χ4v) is 5.86. The van der Waals surface area contributed by atoms with Gasteiger partial charge in [-0.05, 0) is 92.3 Å². The second-order valence-corrected chi connectivity index (χ2v) is 12.8. The Balaban J connectivity index is 0.00000968. The predicted molar refractivity (Wildman–Crippen MR) is 194 cm³/mol. The quantitative estimate of drug-likeness (QED) is 0.0553. The van der Waals surface area contributed by atoms with Crippen molar-refractivity contribution < 1.29 is 16.5 Å². The Morgan fingerprint density at radius 1 is 0.500 bits per heavy atom. The topological polar surface area (TPSA) is 24.7 Å². The Bertz CT molecular complexity index is 997. The Morgan fingerprint density at radius 2 is 0.955 bits per heavy atom. The molecule has 0 bridgehead atoms. The van der Waals surface area contributed by atoms with Crippen LogP contribution < -0.4 is 0 Å². The molecular formula is C41H66N2Ni. The maximum atomic E-state index is 5.11. The first-order valence-electron chi connectivity index (χ1n) is 18.5. The van der Waals surface area contributed by atoms with Crippen molar-refractivity contribution >= 4 is 23.3 Å². The van der Waals surface area contributed by atoms with Crippen LogP contribution >= 0.6 is 0 Å². The van der Waals surface area contributed by atoms with E-state index in [4.69, 9.17) is 9.98 Å². The maximum Gasteiger partial charge on any atom is 0.0636 e. The monoisotopic (exact) mass is 644 g/mol. The largest absolute Gasteiger partial charge is 0.255 e. The summed E-state index contributed by atoms with van der Waals surface area (Å²) in [5, 5.41) is 0. The van der Waals surface area contributed by atoms with Crippen molar-refractivity contribution in [3.8, 4) is 0 Å². The second-order valence-electron chi connectivity index (χ2n) is 12.8. The summed E-state index contributed by atoms with van der Waals surface area (Å²) in [6.07, 6.45) is 31.7. The van der Waals surface area contributed by atoms with E-state index < -0.39 is 0 Å². The normalized spacial score (nSPS) is 11.8. The van der Waals surface area contributed by atoms with E-state index in [2.05, 4.69) is 70.2 Å². The Labute approximate surface area is 283 Å². The van der Waals surface area contributed by atoms with Crippen LogP contribution in [0.15, 0.2) is 52.4 Å². The number of aryl methyl sites for hydroxylation is 3. The Kier molecular flexibility index (Phi) is 25.3. The Morgan fingerprint density at radius 3 is 1.52 bits per heavy atom. The second kappa shape index (κ2) is 27.6. The molecule has 44 heavy (non-hydrogen) atoms. The zero-order chi connectivity index (χ0) is 30.8. The van der Waals surface area contributed by atoms with Crippen molar-refractivity contribution in [2.45, 2.75) is 175 Å². The average molecular weight is 646 g/mol. The van der Waals surface area contributed by atoms with Gasteiger partial charge in [-0.15, -0.1) is 0 Å². The third-order valence-electron chi connectivity index (χ3n) is 8.58. The third-order valence-corrected chi connectivity index (χ3v) is 8.58. The minimum atomic E-state index is 0. The summed E-state index contributed by atoms with van der Waals surface area (Å²) in [6.45, 7) is 9.11. The molecule has 3 heteroatoms. The summed E-state index contributed by atoms with van der Waals surface area (Å²) in [4.78, 5) is 10.1. The van der Waals surface area contributed by atoms with Gasteiger partial charge in [0.15, 0.2) is 0 Å². The van der Waals surface area contributed by atoms with E-state index in [1.165, 1.54) is 132 Å². The number of hydrogen-bond acceptors (Lipinski definition) is 2. The molecule has 0 saturated carbocycles. The van der Waals surface area contributed by atoms with Gasteiger partial charge < -0.3 is 0 Å². The molecule has 0 amide bonds. The van der Waals surface area contributed by atoms with E-state index in [1.54, 1.807) is 0 Å². The van der Waals surface area contributed by atoms with Crippen molar-refractivity contribution in [3.05, 3.63) is 59.2 Å². The molecule has 0 fully saturated rings. The zero-order valence-electron chi connectivity index (χ0n) is 29.1. The van der Waals surface area contributed by atoms with Gasteiger partial charge in [-0.2, -0.15) is 0 Å². The molecule has 0 unspecified atom stereocenters. The molecule has 2 aromatic rings. The molecule has 0 aliphatic heterocycles. The van der Waals surface area contributed by atoms with Crippen LogP contribution in [0, 0.1) is 0 Å². The van der Waals surface area contributed by atoms with Gasteiger partial charge in [0.2, 0.25) is 0 Å². The maximum absolute atomic E-state index is 5.11. The first-order chi connectivity index (χ1) is 21.2. The molecule has 0 atom stereocenters. The van der Waals surface area contributed by atoms with Crippen molar-refractivity contribution in [3.63, 3.8) is 0 Å². The van der Waals surface area contributed by atoms with E-state index in [9.17, 15) is 0 Å². The van der Waals surface area contributed by atoms with Crippen LogP contribution in [-0.4, -0.2) is 11.9 Å². The van der Waals surface area contributed by atoms with Gasteiger partial charge in [0.05, 0.1) is 17.1 Å². The summed E-state index contributed by atoms with van der Waals surface area (Å²) in [7, 11) is 0. The zero-order valence-corrected chi connectivity index (χ0v) is 30.1. The molecule has 2 nitrogen and oxygen atoms in total. The fraction of sp³-hybridized carbons (Fsp3) is 0.659. The summed E-state index contributed by atoms with van der Waals surface area (Å²) in [5.74, 6) is 0. The third kappa shape index (κ3) is 19.6. The molecule has 0 saturated heterocycles. The van der Waals surface area contributed by atoms with E-state index in [0.29, 0.717) is 0 Å². The molecule has 250 valence electrons. The van der Waals surface area contributed by atoms with Crippen LogP contribution in [0.1, 0.15) is 173 Å². The fourth-order valence-electron chi connectivity index (χ4n) is 5.86. The summed E-state index contributed by atoms with van der Waals surface area (Å²) < 4.78 is 0. The van der Waals surface area contributed by atoms with Gasteiger partial charge >= 0.3 is 0 Å². The van der Waals surface area contributed by atoms with Gasteiger partial charge in [-0.1, -0.05) is 142 Å². The van der Waals surface area contributed by atoms with Gasteiger partial charge in [-0.25, -0.2) is 0 Å². The van der Waals surface area contributed by atoms with E-state index >= 15 is 0 Å². The summed E-state index contributed by atoms with van der Waals surface area (Å²) in [6, 6.07) is 16.0. The van der Waals surface area contributed by atoms with Crippen LogP contribution in [0.3, 0.4) is 0 Å². The number of hydrogen-bond donors (Lipinski definition) is 0. The number of aliphatic imine (C=N–C) groups is 2. The van der Waals surface area contributed by atoms with Gasteiger partial charge in [0.1, 0.15) is 0 Å². The van der Waals surface area contributed by atoms with E-state index in [0.717, 1.165) is 49.2 Å². The number of nitrogens with zero attached hydrogens (tertiary/aromatic N) is 2. The average Bonchev–Trinajstić information content (AvgIpc) is 3.01. The molecule has 0 aromatic heterocycles. The molecule has 0 heterocycles. The van der Waals surface area contributed by atoms with Crippen LogP contribution in [0.2, 0.25) is 0 Å². The molecule has 0 aliphatic carbocycles. The van der Waals surface area contributed by atoms with Gasteiger partial charge in [0.25, 0.3) is 0 Å². The van der Waals surface area contributed by atoms with E-state index in [-0.39, 0.29) is 16.5 Å². The molecule has 0 aliphatic rings. The Hall–Kier alpha value is -1.73. The number of benzene rings is 2. The molecule has 0 N–H and O–H groups in total. The van der Waals surface area contributed by atoms with Crippen molar-refractivity contribution in [1.29, 1.82) is 0 Å². The predicted octanol–water partition coefficient (Wildman–Crippen LogP) is 13.7. The summed E-state index contributed by atoms with van der Waals surface area (Å²) in [5.41, 5.74) is 7.56. The first-order valence-corrected chi connectivity index (χ1v) is 18.5. The molecule has 2 rings (SSSR count). The van der Waals surface area contributed by atoms with Crippen LogP contribution in [-0.2, 0) is 35.8 Å². The smallest absolute Gasteiger partial charge is 0.0636 e. The minimum absolute atomic E-state index is 0. The van der Waals surface area contributed by atoms with Crippen LogP contribution in [0.4, 0.5) is 11.4 Å². The van der Waals surface area contributed by atoms with Crippen LogP contribution in [0.5, 0.6) is 0 Å². The van der Waals surface area contributed by atoms with Crippen molar-refractivity contribution in [1.82, 2.24) is 0 Å².